The van der Waals surface area contributed by atoms with Gasteiger partial charge in [-0.05, 0) is 44.4 Å². The van der Waals surface area contributed by atoms with Gasteiger partial charge in [0.1, 0.15) is 0 Å². The molecule has 0 saturated heterocycles. The summed E-state index contributed by atoms with van der Waals surface area (Å²) >= 11 is 0. The Bertz CT molecular complexity index is 276. The zero-order valence-electron chi connectivity index (χ0n) is 9.11. The summed E-state index contributed by atoms with van der Waals surface area (Å²) in [5, 5.41) is 0. The molecule has 0 fully saturated rings. The molecule has 0 aliphatic heterocycles. The third-order valence-corrected chi connectivity index (χ3v) is 3.67. The van der Waals surface area contributed by atoms with E-state index in [1.54, 1.807) is 16.7 Å². The second-order valence-corrected chi connectivity index (χ2v) is 5.25. The standard InChI is InChI=1S/C13H20/c1-10-6-7-12-11(9-10)5-4-8-13(12,2)3/h6H,4-5,7-9H2,1-3H3. The second-order valence-electron chi connectivity index (χ2n) is 5.25. The van der Waals surface area contributed by atoms with Crippen molar-refractivity contribution in [2.75, 3.05) is 0 Å². The van der Waals surface area contributed by atoms with Crippen molar-refractivity contribution in [3.05, 3.63) is 22.8 Å². The highest BCUT2D eigenvalue weighted by Crippen LogP contribution is 2.45. The van der Waals surface area contributed by atoms with Crippen molar-refractivity contribution in [2.45, 2.75) is 52.9 Å². The average molecular weight is 176 g/mol. The van der Waals surface area contributed by atoms with Gasteiger partial charge < -0.3 is 0 Å². The fraction of sp³-hybridized carbons (Fsp3) is 0.692. The molecule has 0 aromatic heterocycles. The first-order valence-electron chi connectivity index (χ1n) is 5.46. The lowest BCUT2D eigenvalue weighted by Crippen LogP contribution is -2.22. The van der Waals surface area contributed by atoms with Crippen molar-refractivity contribution in [3.8, 4) is 0 Å². The number of allylic oxidation sites excluding steroid dienone is 4. The SMILES string of the molecule is CC1=CCC2=C(CCCC2(C)C)C1. The summed E-state index contributed by atoms with van der Waals surface area (Å²) in [7, 11) is 0. The Labute approximate surface area is 81.7 Å². The number of hydrogen-bond acceptors (Lipinski definition) is 0. The largest absolute Gasteiger partial charge is 0.0812 e. The van der Waals surface area contributed by atoms with Crippen molar-refractivity contribution in [1.29, 1.82) is 0 Å². The van der Waals surface area contributed by atoms with Crippen LogP contribution in [-0.2, 0) is 0 Å². The summed E-state index contributed by atoms with van der Waals surface area (Å²) in [6.45, 7) is 7.09. The van der Waals surface area contributed by atoms with Gasteiger partial charge >= 0.3 is 0 Å². The molecule has 0 nitrogen and oxygen atoms in total. The van der Waals surface area contributed by atoms with E-state index in [9.17, 15) is 0 Å². The Balaban J connectivity index is 2.30. The van der Waals surface area contributed by atoms with E-state index in [1.165, 1.54) is 32.1 Å². The molecular weight excluding hydrogens is 156 g/mol. The molecule has 0 heteroatoms. The molecule has 13 heavy (non-hydrogen) atoms. The maximum absolute atomic E-state index is 2.42. The molecule has 72 valence electrons. The lowest BCUT2D eigenvalue weighted by Gasteiger charge is -2.37. The van der Waals surface area contributed by atoms with E-state index in [0.717, 1.165) is 0 Å². The monoisotopic (exact) mass is 176 g/mol. The Hall–Kier alpha value is -0.520. The van der Waals surface area contributed by atoms with Crippen LogP contribution in [0.3, 0.4) is 0 Å². The summed E-state index contributed by atoms with van der Waals surface area (Å²) < 4.78 is 0. The average Bonchev–Trinajstić information content (AvgIpc) is 2.02. The van der Waals surface area contributed by atoms with Gasteiger partial charge in [0.15, 0.2) is 0 Å². The Morgan fingerprint density at radius 1 is 1.31 bits per heavy atom. The van der Waals surface area contributed by atoms with Gasteiger partial charge in [-0.1, -0.05) is 36.6 Å². The van der Waals surface area contributed by atoms with Gasteiger partial charge in [0, 0.05) is 0 Å². The van der Waals surface area contributed by atoms with Crippen molar-refractivity contribution in [3.63, 3.8) is 0 Å². The molecule has 2 rings (SSSR count). The minimum Gasteiger partial charge on any atom is -0.0812 e. The highest BCUT2D eigenvalue weighted by Gasteiger charge is 2.30. The van der Waals surface area contributed by atoms with Crippen LogP contribution in [0.25, 0.3) is 0 Å². The molecule has 0 saturated carbocycles. The van der Waals surface area contributed by atoms with Crippen molar-refractivity contribution >= 4 is 0 Å². The lowest BCUT2D eigenvalue weighted by atomic mass is 9.68. The molecule has 0 N–H and O–H groups in total. The number of hydrogen-bond donors (Lipinski definition) is 0. The van der Waals surface area contributed by atoms with Gasteiger partial charge in [-0.3, -0.25) is 0 Å². The van der Waals surface area contributed by atoms with Crippen molar-refractivity contribution in [1.82, 2.24) is 0 Å². The van der Waals surface area contributed by atoms with E-state index in [-0.39, 0.29) is 0 Å². The summed E-state index contributed by atoms with van der Waals surface area (Å²) in [6.07, 6.45) is 9.07. The van der Waals surface area contributed by atoms with Crippen LogP contribution >= 0.6 is 0 Å². The Kier molecular flexibility index (Phi) is 2.09. The minimum absolute atomic E-state index is 0.491. The van der Waals surface area contributed by atoms with Crippen LogP contribution in [0.2, 0.25) is 0 Å². The first-order chi connectivity index (χ1) is 6.09. The van der Waals surface area contributed by atoms with Gasteiger partial charge in [0.2, 0.25) is 0 Å². The van der Waals surface area contributed by atoms with Gasteiger partial charge in [0.05, 0.1) is 0 Å². The fourth-order valence-electron chi connectivity index (χ4n) is 2.82. The molecule has 0 unspecified atom stereocenters. The lowest BCUT2D eigenvalue weighted by molar-refractivity contribution is 0.355. The van der Waals surface area contributed by atoms with Gasteiger partial charge in [-0.15, -0.1) is 0 Å². The zero-order chi connectivity index (χ0) is 9.47. The Morgan fingerprint density at radius 2 is 2.08 bits per heavy atom. The smallest absolute Gasteiger partial charge is 0.0108 e. The molecule has 0 aromatic rings. The topological polar surface area (TPSA) is 0 Å². The van der Waals surface area contributed by atoms with Crippen molar-refractivity contribution in [2.24, 2.45) is 5.41 Å². The Morgan fingerprint density at radius 3 is 2.85 bits per heavy atom. The van der Waals surface area contributed by atoms with Gasteiger partial charge in [-0.25, -0.2) is 0 Å². The maximum Gasteiger partial charge on any atom is -0.0108 e. The number of rotatable bonds is 0. The van der Waals surface area contributed by atoms with Crippen LogP contribution in [0.5, 0.6) is 0 Å². The van der Waals surface area contributed by atoms with E-state index in [4.69, 9.17) is 0 Å². The normalized spacial score (nSPS) is 26.8. The van der Waals surface area contributed by atoms with Crippen LogP contribution < -0.4 is 0 Å². The quantitative estimate of drug-likeness (QED) is 0.484. The summed E-state index contributed by atoms with van der Waals surface area (Å²) in [5.41, 5.74) is 5.59. The van der Waals surface area contributed by atoms with Gasteiger partial charge in [0.25, 0.3) is 0 Å². The maximum atomic E-state index is 2.42. The molecule has 0 spiro atoms. The minimum atomic E-state index is 0.491. The molecular formula is C13H20. The van der Waals surface area contributed by atoms with Crippen LogP contribution in [0, 0.1) is 5.41 Å². The molecule has 0 heterocycles. The summed E-state index contributed by atoms with van der Waals surface area (Å²) in [5.74, 6) is 0. The van der Waals surface area contributed by atoms with E-state index >= 15 is 0 Å². The fourth-order valence-corrected chi connectivity index (χ4v) is 2.82. The zero-order valence-corrected chi connectivity index (χ0v) is 9.11. The molecule has 0 bridgehead atoms. The molecule has 0 aromatic carbocycles. The van der Waals surface area contributed by atoms with E-state index in [0.29, 0.717) is 5.41 Å². The first kappa shape index (κ1) is 9.05. The second kappa shape index (κ2) is 3.01. The molecule has 0 radical (unpaired) electrons. The van der Waals surface area contributed by atoms with E-state index in [2.05, 4.69) is 26.8 Å². The highest BCUT2D eigenvalue weighted by molar-refractivity contribution is 5.33. The predicted octanol–water partition coefficient (Wildman–Crippen LogP) is 4.23. The van der Waals surface area contributed by atoms with E-state index < -0.39 is 0 Å². The van der Waals surface area contributed by atoms with Gasteiger partial charge in [-0.2, -0.15) is 0 Å². The van der Waals surface area contributed by atoms with Crippen molar-refractivity contribution < 1.29 is 0 Å². The molecule has 0 atom stereocenters. The third-order valence-electron chi connectivity index (χ3n) is 3.67. The van der Waals surface area contributed by atoms with Crippen LogP contribution in [0.4, 0.5) is 0 Å². The van der Waals surface area contributed by atoms with Crippen LogP contribution in [0.1, 0.15) is 52.9 Å². The molecule has 2 aliphatic rings. The summed E-state index contributed by atoms with van der Waals surface area (Å²) in [4.78, 5) is 0. The predicted molar refractivity (Wildman–Crippen MR) is 57.6 cm³/mol. The molecule has 0 amide bonds. The van der Waals surface area contributed by atoms with Crippen LogP contribution in [-0.4, -0.2) is 0 Å². The van der Waals surface area contributed by atoms with E-state index in [1.807, 2.05) is 0 Å². The first-order valence-corrected chi connectivity index (χ1v) is 5.46. The summed E-state index contributed by atoms with van der Waals surface area (Å²) in [6, 6.07) is 0. The van der Waals surface area contributed by atoms with Crippen LogP contribution in [0.15, 0.2) is 22.8 Å². The highest BCUT2D eigenvalue weighted by atomic mass is 14.3. The molecule has 2 aliphatic carbocycles. The third kappa shape index (κ3) is 1.59.